The molecule has 0 saturated carbocycles. The lowest BCUT2D eigenvalue weighted by molar-refractivity contribution is 0.127. The molecule has 0 radical (unpaired) electrons. The Morgan fingerprint density at radius 1 is 1.48 bits per heavy atom. The highest BCUT2D eigenvalue weighted by molar-refractivity contribution is 9.10. The summed E-state index contributed by atoms with van der Waals surface area (Å²) in [7, 11) is 1.69. The first kappa shape index (κ1) is 18.2. The lowest BCUT2D eigenvalue weighted by atomic mass is 9.84. The number of ether oxygens (including phenoxy) is 1. The van der Waals surface area contributed by atoms with Crippen molar-refractivity contribution in [3.63, 3.8) is 0 Å². The van der Waals surface area contributed by atoms with Gasteiger partial charge in [-0.3, -0.25) is 4.99 Å². The third-order valence-corrected chi connectivity index (χ3v) is 4.91. The number of rotatable bonds is 6. The van der Waals surface area contributed by atoms with Crippen molar-refractivity contribution in [1.29, 1.82) is 0 Å². The zero-order valence-corrected chi connectivity index (χ0v) is 14.8. The van der Waals surface area contributed by atoms with Crippen molar-refractivity contribution in [2.45, 2.75) is 19.4 Å². The minimum Gasteiger partial charge on any atom is -0.396 e. The van der Waals surface area contributed by atoms with Crippen LogP contribution < -0.4 is 10.6 Å². The lowest BCUT2D eigenvalue weighted by Crippen LogP contribution is -2.44. The summed E-state index contributed by atoms with van der Waals surface area (Å²) in [5, 5.41) is 15.7. The van der Waals surface area contributed by atoms with Gasteiger partial charge in [0.05, 0.1) is 6.61 Å². The summed E-state index contributed by atoms with van der Waals surface area (Å²) in [5.41, 5.74) is 0.772. The van der Waals surface area contributed by atoms with Gasteiger partial charge in [-0.2, -0.15) is 0 Å². The summed E-state index contributed by atoms with van der Waals surface area (Å²) >= 11 is 3.41. The summed E-state index contributed by atoms with van der Waals surface area (Å²) < 4.78 is 19.6. The Morgan fingerprint density at radius 3 is 2.96 bits per heavy atom. The number of hydrogen-bond acceptors (Lipinski definition) is 3. The molecule has 2 rings (SSSR count). The molecule has 1 aliphatic rings. The predicted molar refractivity (Wildman–Crippen MR) is 91.9 cm³/mol. The van der Waals surface area contributed by atoms with E-state index in [2.05, 4.69) is 31.6 Å². The number of hydrogen-bond donors (Lipinski definition) is 3. The van der Waals surface area contributed by atoms with Crippen molar-refractivity contribution < 1.29 is 14.2 Å². The van der Waals surface area contributed by atoms with Gasteiger partial charge < -0.3 is 20.5 Å². The van der Waals surface area contributed by atoms with Crippen LogP contribution in [0.5, 0.6) is 0 Å². The molecule has 1 saturated heterocycles. The topological polar surface area (TPSA) is 65.9 Å². The second-order valence-corrected chi connectivity index (χ2v) is 6.65. The zero-order chi connectivity index (χ0) is 16.7. The molecule has 7 heteroatoms. The first-order valence-electron chi connectivity index (χ1n) is 7.66. The maximum Gasteiger partial charge on any atom is 0.191 e. The number of aliphatic hydroxyl groups is 1. The summed E-state index contributed by atoms with van der Waals surface area (Å²) in [6, 6.07) is 4.59. The van der Waals surface area contributed by atoms with E-state index in [0.717, 1.165) is 23.1 Å². The summed E-state index contributed by atoms with van der Waals surface area (Å²) in [6.07, 6.45) is 1.62. The van der Waals surface area contributed by atoms with Gasteiger partial charge in [0.15, 0.2) is 5.96 Å². The monoisotopic (exact) mass is 387 g/mol. The molecule has 0 aliphatic carbocycles. The number of nitrogens with zero attached hydrogens (tertiary/aromatic N) is 1. The third-order valence-electron chi connectivity index (χ3n) is 4.14. The van der Waals surface area contributed by atoms with E-state index in [9.17, 15) is 9.50 Å². The van der Waals surface area contributed by atoms with Crippen LogP contribution in [0.3, 0.4) is 0 Å². The van der Waals surface area contributed by atoms with Gasteiger partial charge in [0.2, 0.25) is 0 Å². The fourth-order valence-electron chi connectivity index (χ4n) is 2.66. The molecule has 1 aromatic rings. The van der Waals surface area contributed by atoms with E-state index in [1.165, 1.54) is 12.1 Å². The molecule has 1 aliphatic heterocycles. The van der Waals surface area contributed by atoms with Crippen LogP contribution in [-0.2, 0) is 11.3 Å². The first-order chi connectivity index (χ1) is 11.1. The maximum atomic E-state index is 13.3. The Morgan fingerprint density at radius 2 is 2.30 bits per heavy atom. The molecule has 23 heavy (non-hydrogen) atoms. The molecule has 0 spiro atoms. The van der Waals surface area contributed by atoms with Gasteiger partial charge in [-0.25, -0.2) is 4.39 Å². The third kappa shape index (κ3) is 5.16. The molecule has 1 heterocycles. The second-order valence-electron chi connectivity index (χ2n) is 5.79. The van der Waals surface area contributed by atoms with Crippen LogP contribution in [0.15, 0.2) is 27.7 Å². The number of guanidine groups is 1. The average Bonchev–Trinajstić information content (AvgIpc) is 3.00. The van der Waals surface area contributed by atoms with Crippen molar-refractivity contribution >= 4 is 21.9 Å². The van der Waals surface area contributed by atoms with Crippen molar-refractivity contribution in [2.24, 2.45) is 10.4 Å². The molecular formula is C16H23BrFN3O2. The van der Waals surface area contributed by atoms with E-state index in [0.29, 0.717) is 32.1 Å². The number of aliphatic hydroxyl groups excluding tert-OH is 1. The normalized spacial score (nSPS) is 21.5. The van der Waals surface area contributed by atoms with Gasteiger partial charge in [0, 0.05) is 43.2 Å². The quantitative estimate of drug-likeness (QED) is 0.516. The molecule has 1 unspecified atom stereocenters. The maximum absolute atomic E-state index is 13.3. The molecular weight excluding hydrogens is 365 g/mol. The van der Waals surface area contributed by atoms with Gasteiger partial charge in [-0.15, -0.1) is 0 Å². The minimum atomic E-state index is -0.266. The molecule has 0 amide bonds. The van der Waals surface area contributed by atoms with Gasteiger partial charge in [0.1, 0.15) is 5.82 Å². The molecule has 0 bridgehead atoms. The van der Waals surface area contributed by atoms with E-state index in [1.54, 1.807) is 13.1 Å². The Balaban J connectivity index is 1.89. The van der Waals surface area contributed by atoms with E-state index in [1.807, 2.05) is 0 Å². The number of nitrogens with one attached hydrogen (secondary N) is 2. The van der Waals surface area contributed by atoms with Gasteiger partial charge in [0.25, 0.3) is 0 Å². The van der Waals surface area contributed by atoms with Crippen LogP contribution in [0.2, 0.25) is 0 Å². The Labute approximate surface area is 144 Å². The molecule has 5 nitrogen and oxygen atoms in total. The van der Waals surface area contributed by atoms with Gasteiger partial charge >= 0.3 is 0 Å². The van der Waals surface area contributed by atoms with Crippen molar-refractivity contribution in [1.82, 2.24) is 10.6 Å². The van der Waals surface area contributed by atoms with Crippen LogP contribution in [-0.4, -0.2) is 44.5 Å². The zero-order valence-electron chi connectivity index (χ0n) is 13.2. The summed E-state index contributed by atoms with van der Waals surface area (Å²) in [5.74, 6) is 0.378. The molecule has 1 aromatic carbocycles. The standard InChI is InChI=1S/C16H23BrFN3O2/c1-19-15(20-9-12-8-13(18)2-3-14(12)17)21-10-16(4-6-22)5-7-23-11-16/h2-3,8,22H,4-7,9-11H2,1H3,(H2,19,20,21). The fraction of sp³-hybridized carbons (Fsp3) is 0.562. The predicted octanol–water partition coefficient (Wildman–Crippen LogP) is 2.04. The van der Waals surface area contributed by atoms with Crippen LogP contribution in [0.25, 0.3) is 0 Å². The Bertz CT molecular complexity index is 548. The Hall–Kier alpha value is -1.18. The second kappa shape index (κ2) is 8.61. The van der Waals surface area contributed by atoms with Crippen LogP contribution >= 0.6 is 15.9 Å². The van der Waals surface area contributed by atoms with Crippen molar-refractivity contribution in [3.8, 4) is 0 Å². The van der Waals surface area contributed by atoms with Crippen molar-refractivity contribution in [2.75, 3.05) is 33.4 Å². The number of halogens is 2. The SMILES string of the molecule is CN=C(NCc1cc(F)ccc1Br)NCC1(CCO)CCOC1. The largest absolute Gasteiger partial charge is 0.396 e. The number of benzene rings is 1. The Kier molecular flexibility index (Phi) is 6.80. The van der Waals surface area contributed by atoms with Crippen LogP contribution in [0, 0.1) is 11.2 Å². The van der Waals surface area contributed by atoms with E-state index >= 15 is 0 Å². The van der Waals surface area contributed by atoms with Crippen LogP contribution in [0.4, 0.5) is 4.39 Å². The van der Waals surface area contributed by atoms with Gasteiger partial charge in [-0.05, 0) is 36.6 Å². The highest BCUT2D eigenvalue weighted by atomic mass is 79.9. The summed E-state index contributed by atoms with van der Waals surface area (Å²) in [6.45, 7) is 2.66. The van der Waals surface area contributed by atoms with Crippen LogP contribution in [0.1, 0.15) is 18.4 Å². The molecule has 1 atom stereocenters. The summed E-state index contributed by atoms with van der Waals surface area (Å²) in [4.78, 5) is 4.19. The molecule has 0 aromatic heterocycles. The van der Waals surface area contributed by atoms with Gasteiger partial charge in [-0.1, -0.05) is 15.9 Å². The van der Waals surface area contributed by atoms with E-state index in [-0.39, 0.29) is 17.8 Å². The minimum absolute atomic E-state index is 0.0498. The fourth-order valence-corrected chi connectivity index (χ4v) is 3.05. The smallest absolute Gasteiger partial charge is 0.191 e. The highest BCUT2D eigenvalue weighted by Gasteiger charge is 2.34. The molecule has 1 fully saturated rings. The molecule has 128 valence electrons. The van der Waals surface area contributed by atoms with Crippen molar-refractivity contribution in [3.05, 3.63) is 34.1 Å². The van der Waals surface area contributed by atoms with E-state index in [4.69, 9.17) is 4.74 Å². The molecule has 3 N–H and O–H groups in total. The number of aliphatic imine (C=N–C) groups is 1. The van der Waals surface area contributed by atoms with E-state index < -0.39 is 0 Å². The first-order valence-corrected chi connectivity index (χ1v) is 8.45. The lowest BCUT2D eigenvalue weighted by Gasteiger charge is -2.27. The highest BCUT2D eigenvalue weighted by Crippen LogP contribution is 2.31. The average molecular weight is 388 g/mol.